The quantitative estimate of drug-likeness (QED) is 0.826. The summed E-state index contributed by atoms with van der Waals surface area (Å²) < 4.78 is 27.3. The molecule has 0 saturated heterocycles. The Morgan fingerprint density at radius 1 is 1.05 bits per heavy atom. The Kier molecular flexibility index (Phi) is 4.37. The summed E-state index contributed by atoms with van der Waals surface area (Å²) in [7, 11) is -3.84. The van der Waals surface area contributed by atoms with E-state index >= 15 is 0 Å². The molecule has 7 heteroatoms. The number of nitrogens with two attached hydrogens (primary N) is 1. The average molecular weight is 345 g/mol. The summed E-state index contributed by atoms with van der Waals surface area (Å²) in [4.78, 5) is 0.0154. The molecule has 0 fully saturated rings. The topological polar surface area (TPSA) is 72.2 Å². The van der Waals surface area contributed by atoms with Gasteiger partial charge in [0, 0.05) is 5.02 Å². The van der Waals surface area contributed by atoms with Gasteiger partial charge in [-0.15, -0.1) is 0 Å². The fraction of sp³-hybridized carbons (Fsp3) is 0.143. The van der Waals surface area contributed by atoms with E-state index in [-0.39, 0.29) is 21.3 Å². The Morgan fingerprint density at radius 2 is 1.67 bits per heavy atom. The summed E-state index contributed by atoms with van der Waals surface area (Å²) in [5.74, 6) is 0. The van der Waals surface area contributed by atoms with Crippen molar-refractivity contribution in [3.05, 3.63) is 51.5 Å². The lowest BCUT2D eigenvalue weighted by atomic mass is 10.1. The van der Waals surface area contributed by atoms with Crippen molar-refractivity contribution in [3.8, 4) is 0 Å². The van der Waals surface area contributed by atoms with Crippen molar-refractivity contribution in [2.45, 2.75) is 18.7 Å². The van der Waals surface area contributed by atoms with Gasteiger partial charge < -0.3 is 5.73 Å². The third kappa shape index (κ3) is 3.43. The molecule has 0 unspecified atom stereocenters. The molecule has 2 aromatic carbocycles. The molecular weight excluding hydrogens is 331 g/mol. The summed E-state index contributed by atoms with van der Waals surface area (Å²) in [6, 6.07) is 7.70. The normalized spacial score (nSPS) is 11.4. The van der Waals surface area contributed by atoms with Gasteiger partial charge in [0.2, 0.25) is 0 Å². The van der Waals surface area contributed by atoms with E-state index in [4.69, 9.17) is 28.9 Å². The third-order valence-electron chi connectivity index (χ3n) is 3.09. The van der Waals surface area contributed by atoms with Crippen LogP contribution in [0.1, 0.15) is 11.1 Å². The first-order valence-corrected chi connectivity index (χ1v) is 8.29. The van der Waals surface area contributed by atoms with Crippen LogP contribution in [0.3, 0.4) is 0 Å². The minimum atomic E-state index is -3.84. The van der Waals surface area contributed by atoms with Crippen LogP contribution < -0.4 is 10.5 Å². The number of aryl methyl sites for hydroxylation is 2. The number of hydrogen-bond acceptors (Lipinski definition) is 3. The lowest BCUT2D eigenvalue weighted by Gasteiger charge is -2.13. The van der Waals surface area contributed by atoms with Crippen molar-refractivity contribution in [2.24, 2.45) is 0 Å². The molecule has 0 amide bonds. The van der Waals surface area contributed by atoms with E-state index in [9.17, 15) is 8.42 Å². The molecule has 0 aromatic heterocycles. The summed E-state index contributed by atoms with van der Waals surface area (Å²) in [5.41, 5.74) is 7.97. The molecule has 2 rings (SSSR count). The zero-order valence-corrected chi connectivity index (χ0v) is 13.8. The largest absolute Gasteiger partial charge is 0.398 e. The predicted octanol–water partition coefficient (Wildman–Crippen LogP) is 3.99. The Morgan fingerprint density at radius 3 is 2.33 bits per heavy atom. The first-order chi connectivity index (χ1) is 9.70. The van der Waals surface area contributed by atoms with E-state index < -0.39 is 10.0 Å². The average Bonchev–Trinajstić information content (AvgIpc) is 2.37. The Labute approximate surface area is 133 Å². The molecule has 4 nitrogen and oxygen atoms in total. The lowest BCUT2D eigenvalue weighted by Crippen LogP contribution is -2.15. The van der Waals surface area contributed by atoms with Crippen LogP contribution >= 0.6 is 23.2 Å². The Balaban J connectivity index is 2.48. The number of halogens is 2. The lowest BCUT2D eigenvalue weighted by molar-refractivity contribution is 0.601. The highest BCUT2D eigenvalue weighted by atomic mass is 35.5. The van der Waals surface area contributed by atoms with Crippen LogP contribution in [-0.2, 0) is 10.0 Å². The maximum Gasteiger partial charge on any atom is 0.264 e. The second-order valence-electron chi connectivity index (χ2n) is 4.70. The molecule has 0 bridgehead atoms. The molecule has 0 saturated carbocycles. The smallest absolute Gasteiger partial charge is 0.264 e. The SMILES string of the molecule is Cc1cc(N)c(S(=O)(=O)Nc2cc(Cl)ccc2Cl)cc1C. The minimum Gasteiger partial charge on any atom is -0.398 e. The van der Waals surface area contributed by atoms with Crippen LogP contribution in [0.25, 0.3) is 0 Å². The van der Waals surface area contributed by atoms with E-state index in [1.54, 1.807) is 12.1 Å². The van der Waals surface area contributed by atoms with Gasteiger partial charge in [-0.25, -0.2) is 8.42 Å². The van der Waals surface area contributed by atoms with Gasteiger partial charge in [0.1, 0.15) is 4.90 Å². The van der Waals surface area contributed by atoms with Gasteiger partial charge in [0.25, 0.3) is 10.0 Å². The second-order valence-corrected chi connectivity index (χ2v) is 7.20. The number of rotatable bonds is 3. The molecule has 0 aliphatic heterocycles. The van der Waals surface area contributed by atoms with Gasteiger partial charge >= 0.3 is 0 Å². The number of hydrogen-bond donors (Lipinski definition) is 2. The summed E-state index contributed by atoms with van der Waals surface area (Å²) in [6.07, 6.45) is 0. The first-order valence-electron chi connectivity index (χ1n) is 6.05. The highest BCUT2D eigenvalue weighted by Crippen LogP contribution is 2.30. The number of anilines is 2. The fourth-order valence-corrected chi connectivity index (χ4v) is 3.48. The molecule has 0 radical (unpaired) electrons. The standard InChI is InChI=1S/C14H14Cl2N2O2S/c1-8-5-12(17)14(6-9(8)2)21(19,20)18-13-7-10(15)3-4-11(13)16/h3-7,18H,17H2,1-2H3. The molecule has 0 aliphatic rings. The zero-order valence-electron chi connectivity index (χ0n) is 11.4. The molecule has 0 aliphatic carbocycles. The van der Waals surface area contributed by atoms with E-state index in [0.29, 0.717) is 5.02 Å². The summed E-state index contributed by atoms with van der Waals surface area (Å²) >= 11 is 11.8. The van der Waals surface area contributed by atoms with E-state index in [2.05, 4.69) is 4.72 Å². The maximum atomic E-state index is 12.5. The molecule has 0 spiro atoms. The zero-order chi connectivity index (χ0) is 15.8. The highest BCUT2D eigenvalue weighted by molar-refractivity contribution is 7.92. The fourth-order valence-electron chi connectivity index (χ4n) is 1.82. The van der Waals surface area contributed by atoms with E-state index in [1.165, 1.54) is 18.2 Å². The van der Waals surface area contributed by atoms with Gasteiger partial charge in [-0.1, -0.05) is 23.2 Å². The first kappa shape index (κ1) is 15.9. The molecule has 2 aromatic rings. The summed E-state index contributed by atoms with van der Waals surface area (Å²) in [6.45, 7) is 3.68. The second kappa shape index (κ2) is 5.75. The predicted molar refractivity (Wildman–Crippen MR) is 87.6 cm³/mol. The van der Waals surface area contributed by atoms with Gasteiger partial charge in [-0.05, 0) is 55.3 Å². The number of nitrogen functional groups attached to an aromatic ring is 1. The van der Waals surface area contributed by atoms with Crippen molar-refractivity contribution in [1.29, 1.82) is 0 Å². The number of benzene rings is 2. The van der Waals surface area contributed by atoms with Crippen molar-refractivity contribution in [3.63, 3.8) is 0 Å². The van der Waals surface area contributed by atoms with Crippen molar-refractivity contribution < 1.29 is 8.42 Å². The number of nitrogens with one attached hydrogen (secondary N) is 1. The van der Waals surface area contributed by atoms with Crippen LogP contribution in [0.2, 0.25) is 10.0 Å². The van der Waals surface area contributed by atoms with Gasteiger partial charge in [-0.2, -0.15) is 0 Å². The van der Waals surface area contributed by atoms with Crippen molar-refractivity contribution >= 4 is 44.6 Å². The Bertz CT molecular complexity index is 805. The van der Waals surface area contributed by atoms with Crippen molar-refractivity contribution in [1.82, 2.24) is 0 Å². The molecule has 3 N–H and O–H groups in total. The molecule has 0 heterocycles. The molecule has 112 valence electrons. The number of sulfonamides is 1. The Hall–Kier alpha value is -1.43. The van der Waals surface area contributed by atoms with E-state index in [0.717, 1.165) is 11.1 Å². The van der Waals surface area contributed by atoms with E-state index in [1.807, 2.05) is 13.8 Å². The van der Waals surface area contributed by atoms with Crippen LogP contribution in [-0.4, -0.2) is 8.42 Å². The highest BCUT2D eigenvalue weighted by Gasteiger charge is 2.20. The van der Waals surface area contributed by atoms with Crippen molar-refractivity contribution in [2.75, 3.05) is 10.5 Å². The van der Waals surface area contributed by atoms with Crippen LogP contribution in [0.15, 0.2) is 35.2 Å². The summed E-state index contributed by atoms with van der Waals surface area (Å²) in [5, 5.41) is 0.635. The van der Waals surface area contributed by atoms with Crippen LogP contribution in [0.4, 0.5) is 11.4 Å². The van der Waals surface area contributed by atoms with Gasteiger partial charge in [0.05, 0.1) is 16.4 Å². The van der Waals surface area contributed by atoms with Crippen LogP contribution in [0, 0.1) is 13.8 Å². The van der Waals surface area contributed by atoms with Gasteiger partial charge in [-0.3, -0.25) is 4.72 Å². The molecular formula is C14H14Cl2N2O2S. The molecule has 21 heavy (non-hydrogen) atoms. The monoisotopic (exact) mass is 344 g/mol. The minimum absolute atomic E-state index is 0.0154. The van der Waals surface area contributed by atoms with Crippen LogP contribution in [0.5, 0.6) is 0 Å². The van der Waals surface area contributed by atoms with Gasteiger partial charge in [0.15, 0.2) is 0 Å². The molecule has 0 atom stereocenters. The maximum absolute atomic E-state index is 12.5. The third-order valence-corrected chi connectivity index (χ3v) is 5.07.